The third-order valence-corrected chi connectivity index (χ3v) is 3.08. The Morgan fingerprint density at radius 1 is 1.10 bits per heavy atom. The molecule has 0 bridgehead atoms. The second-order valence-electron chi connectivity index (χ2n) is 4.50. The van der Waals surface area contributed by atoms with E-state index in [-0.39, 0.29) is 0 Å². The number of nitrogens with one attached hydrogen (secondary N) is 1. The van der Waals surface area contributed by atoms with Gasteiger partial charge < -0.3 is 19.5 Å². The maximum atomic E-state index is 5.49. The van der Waals surface area contributed by atoms with Crippen LogP contribution in [0.25, 0.3) is 0 Å². The van der Waals surface area contributed by atoms with Crippen LogP contribution in [0.3, 0.4) is 0 Å². The number of benzene rings is 2. The van der Waals surface area contributed by atoms with E-state index in [0.29, 0.717) is 13.4 Å². The molecule has 2 aromatic carbocycles. The summed E-state index contributed by atoms with van der Waals surface area (Å²) in [5.41, 5.74) is 2.18. The standard InChI is InChI=1S/C16H17NO3/c1-2-18-14-5-3-4-12(8-14)10-17-13-6-7-15-16(9-13)20-11-19-15/h3-9,17H,2,10-11H2,1H3. The first-order valence-corrected chi connectivity index (χ1v) is 6.70. The van der Waals surface area contributed by atoms with Gasteiger partial charge in [0.25, 0.3) is 0 Å². The highest BCUT2D eigenvalue weighted by molar-refractivity contribution is 5.55. The van der Waals surface area contributed by atoms with Gasteiger partial charge in [0, 0.05) is 18.3 Å². The van der Waals surface area contributed by atoms with E-state index in [2.05, 4.69) is 11.4 Å². The first-order valence-electron chi connectivity index (χ1n) is 6.70. The zero-order valence-corrected chi connectivity index (χ0v) is 11.4. The zero-order valence-electron chi connectivity index (χ0n) is 11.4. The number of hydrogen-bond acceptors (Lipinski definition) is 4. The molecule has 0 saturated heterocycles. The second-order valence-corrected chi connectivity index (χ2v) is 4.50. The Hall–Kier alpha value is -2.36. The fourth-order valence-electron chi connectivity index (χ4n) is 2.12. The van der Waals surface area contributed by atoms with Crippen molar-refractivity contribution in [3.05, 3.63) is 48.0 Å². The summed E-state index contributed by atoms with van der Waals surface area (Å²) in [5, 5.41) is 3.37. The lowest BCUT2D eigenvalue weighted by atomic mass is 10.2. The second kappa shape index (κ2) is 5.74. The Kier molecular flexibility index (Phi) is 3.63. The average molecular weight is 271 g/mol. The summed E-state index contributed by atoms with van der Waals surface area (Å²) in [6, 6.07) is 13.9. The molecule has 0 saturated carbocycles. The summed E-state index contributed by atoms with van der Waals surface area (Å²) in [6.07, 6.45) is 0. The van der Waals surface area contributed by atoms with Gasteiger partial charge in [0.1, 0.15) is 5.75 Å². The van der Waals surface area contributed by atoms with Crippen molar-refractivity contribution < 1.29 is 14.2 Å². The lowest BCUT2D eigenvalue weighted by molar-refractivity contribution is 0.174. The van der Waals surface area contributed by atoms with Gasteiger partial charge in [-0.15, -0.1) is 0 Å². The molecule has 0 radical (unpaired) electrons. The zero-order chi connectivity index (χ0) is 13.8. The van der Waals surface area contributed by atoms with Gasteiger partial charge in [-0.2, -0.15) is 0 Å². The number of hydrogen-bond donors (Lipinski definition) is 1. The van der Waals surface area contributed by atoms with E-state index in [1.807, 2.05) is 43.3 Å². The minimum absolute atomic E-state index is 0.301. The molecule has 0 aromatic heterocycles. The molecule has 0 atom stereocenters. The molecule has 4 nitrogen and oxygen atoms in total. The molecule has 20 heavy (non-hydrogen) atoms. The number of rotatable bonds is 5. The van der Waals surface area contributed by atoms with Crippen LogP contribution >= 0.6 is 0 Å². The summed E-state index contributed by atoms with van der Waals surface area (Å²) in [4.78, 5) is 0. The largest absolute Gasteiger partial charge is 0.494 e. The number of fused-ring (bicyclic) bond motifs is 1. The van der Waals surface area contributed by atoms with Gasteiger partial charge in [0.2, 0.25) is 6.79 Å². The highest BCUT2D eigenvalue weighted by Gasteiger charge is 2.12. The van der Waals surface area contributed by atoms with Crippen molar-refractivity contribution in [2.45, 2.75) is 13.5 Å². The number of anilines is 1. The smallest absolute Gasteiger partial charge is 0.231 e. The molecule has 104 valence electrons. The fraction of sp³-hybridized carbons (Fsp3) is 0.250. The van der Waals surface area contributed by atoms with Gasteiger partial charge >= 0.3 is 0 Å². The fourth-order valence-corrected chi connectivity index (χ4v) is 2.12. The molecule has 1 aliphatic heterocycles. The number of ether oxygens (including phenoxy) is 3. The minimum atomic E-state index is 0.301. The van der Waals surface area contributed by atoms with Crippen LogP contribution in [-0.2, 0) is 6.54 Å². The topological polar surface area (TPSA) is 39.7 Å². The molecule has 3 rings (SSSR count). The average Bonchev–Trinajstić information content (AvgIpc) is 2.93. The molecule has 0 spiro atoms. The van der Waals surface area contributed by atoms with Crippen LogP contribution in [-0.4, -0.2) is 13.4 Å². The quantitative estimate of drug-likeness (QED) is 0.904. The Labute approximate surface area is 118 Å². The van der Waals surface area contributed by atoms with Crippen LogP contribution in [0.1, 0.15) is 12.5 Å². The molecule has 0 fully saturated rings. The lowest BCUT2D eigenvalue weighted by Gasteiger charge is -2.09. The summed E-state index contributed by atoms with van der Waals surface area (Å²) < 4.78 is 16.1. The highest BCUT2D eigenvalue weighted by Crippen LogP contribution is 2.34. The van der Waals surface area contributed by atoms with E-state index >= 15 is 0 Å². The van der Waals surface area contributed by atoms with Gasteiger partial charge in [-0.1, -0.05) is 12.1 Å². The molecule has 2 aromatic rings. The van der Waals surface area contributed by atoms with Crippen molar-refractivity contribution in [3.8, 4) is 17.2 Å². The highest BCUT2D eigenvalue weighted by atomic mass is 16.7. The van der Waals surface area contributed by atoms with Gasteiger partial charge in [-0.25, -0.2) is 0 Å². The predicted molar refractivity (Wildman–Crippen MR) is 77.5 cm³/mol. The predicted octanol–water partition coefficient (Wildman–Crippen LogP) is 3.43. The summed E-state index contributed by atoms with van der Waals surface area (Å²) in [5.74, 6) is 2.49. The Balaban J connectivity index is 1.65. The molecule has 0 aliphatic carbocycles. The van der Waals surface area contributed by atoms with E-state index in [0.717, 1.165) is 29.5 Å². The lowest BCUT2D eigenvalue weighted by Crippen LogP contribution is -2.00. The van der Waals surface area contributed by atoms with Crippen LogP contribution in [0.2, 0.25) is 0 Å². The summed E-state index contributed by atoms with van der Waals surface area (Å²) >= 11 is 0. The van der Waals surface area contributed by atoms with Crippen molar-refractivity contribution in [3.63, 3.8) is 0 Å². The SMILES string of the molecule is CCOc1cccc(CNc2ccc3c(c2)OCO3)c1. The van der Waals surface area contributed by atoms with Crippen molar-refractivity contribution in [2.75, 3.05) is 18.7 Å². The van der Waals surface area contributed by atoms with E-state index in [1.54, 1.807) is 0 Å². The molecular formula is C16H17NO3. The minimum Gasteiger partial charge on any atom is -0.494 e. The molecule has 4 heteroatoms. The van der Waals surface area contributed by atoms with Gasteiger partial charge in [-0.3, -0.25) is 0 Å². The maximum Gasteiger partial charge on any atom is 0.231 e. The van der Waals surface area contributed by atoms with E-state index in [4.69, 9.17) is 14.2 Å². The van der Waals surface area contributed by atoms with Crippen LogP contribution in [0.5, 0.6) is 17.2 Å². The molecule has 0 unspecified atom stereocenters. The first-order chi connectivity index (χ1) is 9.85. The Morgan fingerprint density at radius 2 is 2.00 bits per heavy atom. The van der Waals surface area contributed by atoms with E-state index in [1.165, 1.54) is 5.56 Å². The van der Waals surface area contributed by atoms with Crippen molar-refractivity contribution in [1.82, 2.24) is 0 Å². The molecule has 0 amide bonds. The first kappa shape index (κ1) is 12.7. The van der Waals surface area contributed by atoms with Crippen LogP contribution < -0.4 is 19.5 Å². The Bertz CT molecular complexity index is 598. The third-order valence-electron chi connectivity index (χ3n) is 3.08. The van der Waals surface area contributed by atoms with E-state index < -0.39 is 0 Å². The molecule has 1 heterocycles. The van der Waals surface area contributed by atoms with Gasteiger partial charge in [0.15, 0.2) is 11.5 Å². The summed E-state index contributed by atoms with van der Waals surface area (Å²) in [6.45, 7) is 3.70. The van der Waals surface area contributed by atoms with E-state index in [9.17, 15) is 0 Å². The molecular weight excluding hydrogens is 254 g/mol. The van der Waals surface area contributed by atoms with Crippen molar-refractivity contribution in [1.29, 1.82) is 0 Å². The van der Waals surface area contributed by atoms with Gasteiger partial charge in [0.05, 0.1) is 6.61 Å². The molecule has 1 N–H and O–H groups in total. The van der Waals surface area contributed by atoms with Crippen LogP contribution in [0.4, 0.5) is 5.69 Å². The molecule has 1 aliphatic rings. The van der Waals surface area contributed by atoms with Crippen molar-refractivity contribution in [2.24, 2.45) is 0 Å². The summed E-state index contributed by atoms with van der Waals surface area (Å²) in [7, 11) is 0. The third kappa shape index (κ3) is 2.79. The van der Waals surface area contributed by atoms with Crippen LogP contribution in [0, 0.1) is 0 Å². The normalized spacial score (nSPS) is 12.2. The van der Waals surface area contributed by atoms with Crippen molar-refractivity contribution >= 4 is 5.69 Å². The maximum absolute atomic E-state index is 5.49. The Morgan fingerprint density at radius 3 is 2.90 bits per heavy atom. The van der Waals surface area contributed by atoms with Crippen LogP contribution in [0.15, 0.2) is 42.5 Å². The monoisotopic (exact) mass is 271 g/mol. The van der Waals surface area contributed by atoms with Gasteiger partial charge in [-0.05, 0) is 36.8 Å².